The van der Waals surface area contributed by atoms with Gasteiger partial charge >= 0.3 is 0 Å². The number of aliphatic hydroxyl groups is 1. The van der Waals surface area contributed by atoms with Gasteiger partial charge in [0, 0.05) is 43.5 Å². The van der Waals surface area contributed by atoms with Gasteiger partial charge in [-0.15, -0.1) is 0 Å². The largest absolute Gasteiger partial charge is 0.493 e. The molecule has 0 atom stereocenters. The summed E-state index contributed by atoms with van der Waals surface area (Å²) in [6.07, 6.45) is 6.00. The van der Waals surface area contributed by atoms with Gasteiger partial charge in [-0.25, -0.2) is 4.98 Å². The van der Waals surface area contributed by atoms with Gasteiger partial charge in [0.2, 0.25) is 0 Å². The number of hydrogen-bond acceptors (Lipinski definition) is 6. The van der Waals surface area contributed by atoms with E-state index in [4.69, 9.17) is 25.8 Å². The number of methoxy groups -OCH3 is 1. The van der Waals surface area contributed by atoms with Gasteiger partial charge in [0.25, 0.3) is 0 Å². The van der Waals surface area contributed by atoms with Crippen LogP contribution >= 0.6 is 11.6 Å². The molecular weight excluding hydrogens is 466 g/mol. The van der Waals surface area contributed by atoms with Crippen LogP contribution in [0, 0.1) is 0 Å². The summed E-state index contributed by atoms with van der Waals surface area (Å²) in [6.45, 7) is 6.02. The van der Waals surface area contributed by atoms with Crippen molar-refractivity contribution in [2.24, 2.45) is 0 Å². The zero-order chi connectivity index (χ0) is 24.7. The van der Waals surface area contributed by atoms with Crippen LogP contribution in [0.15, 0.2) is 54.9 Å². The zero-order valence-corrected chi connectivity index (χ0v) is 21.2. The van der Waals surface area contributed by atoms with Crippen molar-refractivity contribution in [1.82, 2.24) is 14.5 Å². The Balaban J connectivity index is 1.26. The summed E-state index contributed by atoms with van der Waals surface area (Å²) in [6, 6.07) is 13.4. The minimum Gasteiger partial charge on any atom is -0.493 e. The molecule has 0 unspecified atom stereocenters. The predicted molar refractivity (Wildman–Crippen MR) is 137 cm³/mol. The molecule has 7 nitrogen and oxygen atoms in total. The second-order valence-corrected chi connectivity index (χ2v) is 9.41. The molecule has 1 N–H and O–H groups in total. The molecule has 1 fully saturated rings. The fourth-order valence-corrected chi connectivity index (χ4v) is 4.53. The molecule has 0 amide bonds. The fraction of sp³-hybridized carbons (Fsp3) is 0.444. The number of ether oxygens (including phenoxy) is 3. The lowest BCUT2D eigenvalue weighted by atomic mass is 9.92. The highest BCUT2D eigenvalue weighted by atomic mass is 35.5. The molecule has 0 radical (unpaired) electrons. The zero-order valence-electron chi connectivity index (χ0n) is 20.5. The monoisotopic (exact) mass is 499 g/mol. The second kappa shape index (κ2) is 11.8. The van der Waals surface area contributed by atoms with Crippen molar-refractivity contribution in [3.8, 4) is 17.2 Å². The third-order valence-electron chi connectivity index (χ3n) is 6.43. The lowest BCUT2D eigenvalue weighted by molar-refractivity contribution is -0.0537. The van der Waals surface area contributed by atoms with E-state index in [0.717, 1.165) is 55.5 Å². The maximum Gasteiger partial charge on any atom is 0.161 e. The third-order valence-corrected chi connectivity index (χ3v) is 6.67. The third kappa shape index (κ3) is 6.90. The van der Waals surface area contributed by atoms with E-state index in [2.05, 4.69) is 27.4 Å². The number of aryl methyl sites for hydroxylation is 1. The maximum atomic E-state index is 11.0. The normalized spacial score (nSPS) is 15.7. The SMILES string of the molecule is CCc1nccn1CCOc1ccc(CN2CCC(O)(COc3cccc(Cl)c3)CC2)cc1OC. The Kier molecular flexibility index (Phi) is 8.55. The van der Waals surface area contributed by atoms with Gasteiger partial charge in [-0.3, -0.25) is 4.90 Å². The van der Waals surface area contributed by atoms with Gasteiger partial charge in [0.15, 0.2) is 11.5 Å². The maximum absolute atomic E-state index is 11.0. The van der Waals surface area contributed by atoms with Gasteiger partial charge in [-0.2, -0.15) is 0 Å². The predicted octanol–water partition coefficient (Wildman–Crippen LogP) is 4.59. The molecule has 35 heavy (non-hydrogen) atoms. The molecule has 0 aliphatic carbocycles. The number of nitrogens with zero attached hydrogens (tertiary/aromatic N) is 3. The van der Waals surface area contributed by atoms with Crippen molar-refractivity contribution in [3.05, 3.63) is 71.3 Å². The average molecular weight is 500 g/mol. The van der Waals surface area contributed by atoms with E-state index in [-0.39, 0.29) is 6.61 Å². The van der Waals surface area contributed by atoms with Gasteiger partial charge in [0.05, 0.1) is 13.7 Å². The number of piperidine rings is 1. The van der Waals surface area contributed by atoms with Crippen LogP contribution in [0.4, 0.5) is 0 Å². The molecule has 2 aromatic carbocycles. The Labute approximate surface area is 212 Å². The van der Waals surface area contributed by atoms with Gasteiger partial charge in [-0.1, -0.05) is 30.7 Å². The summed E-state index contributed by atoms with van der Waals surface area (Å²) in [4.78, 5) is 6.69. The molecule has 188 valence electrons. The quantitative estimate of drug-likeness (QED) is 0.416. The molecule has 3 aromatic rings. The number of imidazole rings is 1. The Hall–Kier alpha value is -2.74. The molecule has 2 heterocycles. The number of benzene rings is 2. The minimum atomic E-state index is -0.832. The molecular formula is C27H34ClN3O4. The first-order chi connectivity index (χ1) is 17.0. The van der Waals surface area contributed by atoms with Crippen molar-refractivity contribution in [2.75, 3.05) is 33.4 Å². The first-order valence-corrected chi connectivity index (χ1v) is 12.5. The highest BCUT2D eigenvalue weighted by Crippen LogP contribution is 2.30. The van der Waals surface area contributed by atoms with Crippen LogP contribution in [0.2, 0.25) is 5.02 Å². The van der Waals surface area contributed by atoms with E-state index < -0.39 is 5.60 Å². The standard InChI is InChI=1S/C27H34ClN3O4/c1-3-26-29-11-14-31(26)15-16-34-24-8-7-21(17-25(24)33-2)19-30-12-9-27(32,10-13-30)20-35-23-6-4-5-22(28)18-23/h4-8,11,14,17-18,32H,3,9-10,12-13,15-16,19-20H2,1-2H3. The number of aromatic nitrogens is 2. The summed E-state index contributed by atoms with van der Waals surface area (Å²) in [5.74, 6) is 3.20. The summed E-state index contributed by atoms with van der Waals surface area (Å²) < 4.78 is 19.5. The van der Waals surface area contributed by atoms with Crippen LogP contribution < -0.4 is 14.2 Å². The van der Waals surface area contributed by atoms with Gasteiger partial charge in [0.1, 0.15) is 30.4 Å². The molecule has 0 spiro atoms. The molecule has 4 rings (SSSR count). The minimum absolute atomic E-state index is 0.264. The van der Waals surface area contributed by atoms with E-state index in [1.54, 1.807) is 19.2 Å². The van der Waals surface area contributed by atoms with Crippen LogP contribution in [0.1, 0.15) is 31.2 Å². The molecule has 1 aromatic heterocycles. The van der Waals surface area contributed by atoms with Crippen LogP contribution in [0.25, 0.3) is 0 Å². The Morgan fingerprint density at radius 2 is 1.91 bits per heavy atom. The van der Waals surface area contributed by atoms with Crippen molar-refractivity contribution in [1.29, 1.82) is 0 Å². The van der Waals surface area contributed by atoms with Crippen molar-refractivity contribution < 1.29 is 19.3 Å². The van der Waals surface area contributed by atoms with Crippen LogP contribution in [-0.2, 0) is 19.5 Å². The van der Waals surface area contributed by atoms with E-state index in [1.807, 2.05) is 36.7 Å². The molecule has 1 aliphatic heterocycles. The summed E-state index contributed by atoms with van der Waals surface area (Å²) in [5, 5.41) is 11.6. The van der Waals surface area contributed by atoms with Crippen LogP contribution in [0.5, 0.6) is 17.2 Å². The van der Waals surface area contributed by atoms with Crippen LogP contribution in [0.3, 0.4) is 0 Å². The van der Waals surface area contributed by atoms with Gasteiger partial charge < -0.3 is 23.9 Å². The summed E-state index contributed by atoms with van der Waals surface area (Å²) in [7, 11) is 1.66. The number of likely N-dealkylation sites (tertiary alicyclic amines) is 1. The molecule has 1 aliphatic rings. The number of halogens is 1. The van der Waals surface area contributed by atoms with Crippen molar-refractivity contribution >= 4 is 11.6 Å². The first-order valence-electron chi connectivity index (χ1n) is 12.1. The summed E-state index contributed by atoms with van der Waals surface area (Å²) in [5.41, 5.74) is 0.318. The highest BCUT2D eigenvalue weighted by molar-refractivity contribution is 6.30. The molecule has 0 saturated carbocycles. The van der Waals surface area contributed by atoms with Gasteiger partial charge in [-0.05, 0) is 48.7 Å². The Morgan fingerprint density at radius 3 is 2.66 bits per heavy atom. The average Bonchev–Trinajstić information content (AvgIpc) is 3.33. The van der Waals surface area contributed by atoms with E-state index in [1.165, 1.54) is 0 Å². The Bertz CT molecular complexity index is 1100. The van der Waals surface area contributed by atoms with Crippen LogP contribution in [-0.4, -0.2) is 58.6 Å². The van der Waals surface area contributed by atoms with Crippen molar-refractivity contribution in [2.45, 2.75) is 44.9 Å². The highest BCUT2D eigenvalue weighted by Gasteiger charge is 2.33. The summed E-state index contributed by atoms with van der Waals surface area (Å²) >= 11 is 6.02. The van der Waals surface area contributed by atoms with E-state index >= 15 is 0 Å². The smallest absolute Gasteiger partial charge is 0.161 e. The first kappa shape index (κ1) is 25.4. The topological polar surface area (TPSA) is 69.0 Å². The molecule has 0 bridgehead atoms. The molecule has 1 saturated heterocycles. The van der Waals surface area contributed by atoms with Crippen molar-refractivity contribution in [3.63, 3.8) is 0 Å². The van der Waals surface area contributed by atoms with E-state index in [9.17, 15) is 5.11 Å². The van der Waals surface area contributed by atoms with E-state index in [0.29, 0.717) is 30.2 Å². The number of rotatable bonds is 11. The lowest BCUT2D eigenvalue weighted by Crippen LogP contribution is -2.47. The number of hydrogen-bond donors (Lipinski definition) is 1. The molecule has 8 heteroatoms. The second-order valence-electron chi connectivity index (χ2n) is 8.97. The lowest BCUT2D eigenvalue weighted by Gasteiger charge is -2.38. The Morgan fingerprint density at radius 1 is 1.09 bits per heavy atom. The fourth-order valence-electron chi connectivity index (χ4n) is 4.35.